The number of nitrogens with zero attached hydrogens (tertiary/aromatic N) is 2. The molecule has 0 aliphatic carbocycles. The summed E-state index contributed by atoms with van der Waals surface area (Å²) in [4.78, 5) is 7.20. The van der Waals surface area contributed by atoms with Crippen molar-refractivity contribution >= 4 is 5.69 Å². The Balaban J connectivity index is 2.38. The van der Waals surface area contributed by atoms with E-state index in [2.05, 4.69) is 9.97 Å². The number of hydrogen-bond donors (Lipinski definition) is 1. The van der Waals surface area contributed by atoms with Gasteiger partial charge in [0.1, 0.15) is 11.4 Å². The van der Waals surface area contributed by atoms with Crippen molar-refractivity contribution in [2.24, 2.45) is 0 Å². The summed E-state index contributed by atoms with van der Waals surface area (Å²) in [5.41, 5.74) is 5.07. The first kappa shape index (κ1) is 13.1. The van der Waals surface area contributed by atoms with Gasteiger partial charge in [0.25, 0.3) is 0 Å². The highest BCUT2D eigenvalue weighted by Crippen LogP contribution is 2.34. The molecular weight excluding hydrogens is 259 g/mol. The van der Waals surface area contributed by atoms with E-state index in [1.54, 1.807) is 25.3 Å². The van der Waals surface area contributed by atoms with Crippen molar-refractivity contribution in [2.75, 3.05) is 5.73 Å². The Bertz CT molecular complexity index is 599. The topological polar surface area (TPSA) is 61.0 Å². The van der Waals surface area contributed by atoms with Gasteiger partial charge in [-0.2, -0.15) is 13.2 Å². The van der Waals surface area contributed by atoms with Crippen LogP contribution in [0.3, 0.4) is 0 Å². The molecule has 0 saturated carbocycles. The van der Waals surface area contributed by atoms with Crippen LogP contribution in [0.4, 0.5) is 18.9 Å². The number of ether oxygens (including phenoxy) is 1. The third kappa shape index (κ3) is 2.93. The van der Waals surface area contributed by atoms with E-state index in [4.69, 9.17) is 10.5 Å². The molecule has 2 rings (SSSR count). The number of rotatable bonds is 2. The maximum atomic E-state index is 12.5. The number of nitrogen functional groups attached to an aromatic ring is 1. The minimum absolute atomic E-state index is 0.0243. The lowest BCUT2D eigenvalue weighted by molar-refractivity contribution is -0.141. The maximum absolute atomic E-state index is 12.5. The Labute approximate surface area is 107 Å². The third-order valence-corrected chi connectivity index (χ3v) is 2.36. The van der Waals surface area contributed by atoms with Gasteiger partial charge in [-0.15, -0.1) is 0 Å². The summed E-state index contributed by atoms with van der Waals surface area (Å²) in [6.45, 7) is 1.68. The average molecular weight is 269 g/mol. The Morgan fingerprint density at radius 3 is 2.58 bits per heavy atom. The van der Waals surface area contributed by atoms with Crippen molar-refractivity contribution in [1.29, 1.82) is 0 Å². The van der Waals surface area contributed by atoms with Gasteiger partial charge in [-0.25, -0.2) is 4.98 Å². The second kappa shape index (κ2) is 4.75. The second-order valence-electron chi connectivity index (χ2n) is 3.79. The average Bonchev–Trinajstić information content (AvgIpc) is 2.33. The Hall–Kier alpha value is -2.31. The fraction of sp³-hybridized carbons (Fsp3) is 0.167. The zero-order valence-electron chi connectivity index (χ0n) is 9.90. The van der Waals surface area contributed by atoms with Crippen LogP contribution in [0.15, 0.2) is 30.6 Å². The molecule has 0 unspecified atom stereocenters. The highest BCUT2D eigenvalue weighted by molar-refractivity contribution is 5.53. The van der Waals surface area contributed by atoms with E-state index < -0.39 is 11.9 Å². The molecule has 100 valence electrons. The van der Waals surface area contributed by atoms with Gasteiger partial charge in [0.15, 0.2) is 5.75 Å². The predicted octanol–water partition coefficient (Wildman–Crippen LogP) is 3.18. The quantitative estimate of drug-likeness (QED) is 0.909. The van der Waals surface area contributed by atoms with Gasteiger partial charge in [-0.3, -0.25) is 4.98 Å². The van der Waals surface area contributed by atoms with Crippen LogP contribution in [0.5, 0.6) is 11.5 Å². The van der Waals surface area contributed by atoms with E-state index in [0.29, 0.717) is 11.4 Å². The molecule has 0 spiro atoms. The molecule has 0 radical (unpaired) electrons. The molecule has 7 heteroatoms. The largest absolute Gasteiger partial charge is 0.453 e. The summed E-state index contributed by atoms with van der Waals surface area (Å²) in [7, 11) is 0. The van der Waals surface area contributed by atoms with E-state index in [0.717, 1.165) is 12.3 Å². The summed E-state index contributed by atoms with van der Waals surface area (Å²) in [5, 5.41) is 0. The molecular formula is C12H10F3N3O. The maximum Gasteiger partial charge on any atom is 0.433 e. The molecule has 0 aromatic carbocycles. The standard InChI is InChI=1S/C12H10F3N3O/c1-7-9(3-2-4-17-7)19-10-5-11(12(13,14)15)18-6-8(10)16/h2-6H,16H2,1H3. The summed E-state index contributed by atoms with van der Waals surface area (Å²) in [5.74, 6) is 0.243. The molecule has 0 fully saturated rings. The Morgan fingerprint density at radius 2 is 1.95 bits per heavy atom. The molecule has 19 heavy (non-hydrogen) atoms. The molecule has 0 atom stereocenters. The van der Waals surface area contributed by atoms with Gasteiger partial charge in [0.2, 0.25) is 0 Å². The van der Waals surface area contributed by atoms with Crippen LogP contribution in [0.25, 0.3) is 0 Å². The van der Waals surface area contributed by atoms with Crippen LogP contribution in [0, 0.1) is 6.92 Å². The molecule has 0 saturated heterocycles. The van der Waals surface area contributed by atoms with Crippen molar-refractivity contribution in [3.63, 3.8) is 0 Å². The number of halogens is 3. The fourth-order valence-corrected chi connectivity index (χ4v) is 1.39. The van der Waals surface area contributed by atoms with Crippen LogP contribution in [-0.4, -0.2) is 9.97 Å². The highest BCUT2D eigenvalue weighted by Gasteiger charge is 2.33. The molecule has 0 bridgehead atoms. The van der Waals surface area contributed by atoms with Crippen molar-refractivity contribution in [1.82, 2.24) is 9.97 Å². The second-order valence-corrected chi connectivity index (χ2v) is 3.79. The molecule has 0 amide bonds. The molecule has 4 nitrogen and oxygen atoms in total. The fourth-order valence-electron chi connectivity index (χ4n) is 1.39. The van der Waals surface area contributed by atoms with Crippen LogP contribution in [0.2, 0.25) is 0 Å². The van der Waals surface area contributed by atoms with Crippen molar-refractivity contribution in [2.45, 2.75) is 13.1 Å². The minimum atomic E-state index is -4.55. The first-order chi connectivity index (χ1) is 8.88. The summed E-state index contributed by atoms with van der Waals surface area (Å²) < 4.78 is 43.0. The molecule has 2 heterocycles. The number of alkyl halides is 3. The minimum Gasteiger partial charge on any atom is -0.453 e. The first-order valence-electron chi connectivity index (χ1n) is 5.30. The van der Waals surface area contributed by atoms with E-state index in [1.165, 1.54) is 0 Å². The van der Waals surface area contributed by atoms with E-state index in [1.807, 2.05) is 0 Å². The van der Waals surface area contributed by atoms with E-state index in [-0.39, 0.29) is 11.4 Å². The van der Waals surface area contributed by atoms with Crippen molar-refractivity contribution in [3.8, 4) is 11.5 Å². The van der Waals surface area contributed by atoms with Crippen LogP contribution in [0.1, 0.15) is 11.4 Å². The number of nitrogens with two attached hydrogens (primary N) is 1. The SMILES string of the molecule is Cc1ncccc1Oc1cc(C(F)(F)F)ncc1N. The normalized spacial score (nSPS) is 11.4. The number of anilines is 1. The van der Waals surface area contributed by atoms with Gasteiger partial charge < -0.3 is 10.5 Å². The van der Waals surface area contributed by atoms with Crippen LogP contribution >= 0.6 is 0 Å². The molecule has 2 aromatic rings. The lowest BCUT2D eigenvalue weighted by Crippen LogP contribution is -2.09. The molecule has 0 aliphatic heterocycles. The number of aryl methyl sites for hydroxylation is 1. The lowest BCUT2D eigenvalue weighted by atomic mass is 10.3. The zero-order chi connectivity index (χ0) is 14.0. The summed E-state index contributed by atoms with van der Waals surface area (Å²) in [6, 6.07) is 3.97. The van der Waals surface area contributed by atoms with Gasteiger partial charge in [0, 0.05) is 12.3 Å². The first-order valence-corrected chi connectivity index (χ1v) is 5.30. The van der Waals surface area contributed by atoms with E-state index >= 15 is 0 Å². The zero-order valence-corrected chi connectivity index (χ0v) is 9.90. The van der Waals surface area contributed by atoms with Gasteiger partial charge >= 0.3 is 6.18 Å². The number of hydrogen-bond acceptors (Lipinski definition) is 4. The number of pyridine rings is 2. The van der Waals surface area contributed by atoms with Gasteiger partial charge in [0.05, 0.1) is 17.6 Å². The Kier molecular flexibility index (Phi) is 3.28. The van der Waals surface area contributed by atoms with Gasteiger partial charge in [-0.05, 0) is 19.1 Å². The molecule has 2 aromatic heterocycles. The lowest BCUT2D eigenvalue weighted by Gasteiger charge is -2.12. The van der Waals surface area contributed by atoms with Gasteiger partial charge in [-0.1, -0.05) is 0 Å². The van der Waals surface area contributed by atoms with Crippen molar-refractivity contribution < 1.29 is 17.9 Å². The third-order valence-electron chi connectivity index (χ3n) is 2.36. The monoisotopic (exact) mass is 269 g/mol. The highest BCUT2D eigenvalue weighted by atomic mass is 19.4. The van der Waals surface area contributed by atoms with Crippen molar-refractivity contribution in [3.05, 3.63) is 42.0 Å². The molecule has 0 aliphatic rings. The van der Waals surface area contributed by atoms with Crippen LogP contribution in [-0.2, 0) is 6.18 Å². The smallest absolute Gasteiger partial charge is 0.433 e. The molecule has 2 N–H and O–H groups in total. The summed E-state index contributed by atoms with van der Waals surface area (Å²) in [6.07, 6.45) is -2.07. The Morgan fingerprint density at radius 1 is 1.21 bits per heavy atom. The van der Waals surface area contributed by atoms with E-state index in [9.17, 15) is 13.2 Å². The predicted molar refractivity (Wildman–Crippen MR) is 62.7 cm³/mol. The summed E-state index contributed by atoms with van der Waals surface area (Å²) >= 11 is 0. The number of aromatic nitrogens is 2. The van der Waals surface area contributed by atoms with Crippen LogP contribution < -0.4 is 10.5 Å².